The number of carbonyl (C=O) groups is 2. The van der Waals surface area contributed by atoms with Gasteiger partial charge < -0.3 is 20.1 Å². The van der Waals surface area contributed by atoms with Gasteiger partial charge in [0, 0.05) is 36.4 Å². The summed E-state index contributed by atoms with van der Waals surface area (Å²) in [6, 6.07) is 5.87. The Bertz CT molecular complexity index is 1060. The van der Waals surface area contributed by atoms with Crippen LogP contribution in [-0.2, 0) is 22.4 Å². The van der Waals surface area contributed by atoms with E-state index in [1.54, 1.807) is 24.5 Å². The normalized spacial score (nSPS) is 20.1. The molecule has 1 fully saturated rings. The molecule has 0 spiro atoms. The number of aromatic nitrogens is 1. The summed E-state index contributed by atoms with van der Waals surface area (Å²) in [5, 5.41) is 22.6. The molecule has 9 heteroatoms. The predicted molar refractivity (Wildman–Crippen MR) is 120 cm³/mol. The van der Waals surface area contributed by atoms with Crippen LogP contribution in [0.15, 0.2) is 30.6 Å². The minimum atomic E-state index is -0.469. The number of aliphatic hydroxyl groups is 1. The molecule has 2 amide bonds. The lowest BCUT2D eigenvalue weighted by Crippen LogP contribution is -2.32. The van der Waals surface area contributed by atoms with Gasteiger partial charge in [-0.2, -0.15) is 5.26 Å². The summed E-state index contributed by atoms with van der Waals surface area (Å²) in [4.78, 5) is 31.1. The SMILES string of the molecule is N#Cc1c(NC(=O)C=Cc2cccnc2)sc2c1CCC(COC(=O)N1CCC(O)C1)C2. The number of fused-ring (bicyclic) bond motifs is 1. The van der Waals surface area contributed by atoms with Crippen LogP contribution in [0.3, 0.4) is 0 Å². The van der Waals surface area contributed by atoms with Crippen molar-refractivity contribution in [1.82, 2.24) is 9.88 Å². The molecule has 0 radical (unpaired) electrons. The van der Waals surface area contributed by atoms with Gasteiger partial charge in [0.15, 0.2) is 0 Å². The van der Waals surface area contributed by atoms with Crippen LogP contribution in [0, 0.1) is 17.2 Å². The second kappa shape index (κ2) is 9.94. The van der Waals surface area contributed by atoms with Crippen molar-refractivity contribution in [3.05, 3.63) is 52.2 Å². The molecule has 2 aromatic heterocycles. The lowest BCUT2D eigenvalue weighted by molar-refractivity contribution is -0.111. The van der Waals surface area contributed by atoms with E-state index in [1.807, 2.05) is 6.07 Å². The first kappa shape index (κ1) is 22.0. The number of carbonyl (C=O) groups excluding carboxylic acids is 2. The summed E-state index contributed by atoms with van der Waals surface area (Å²) in [5.41, 5.74) is 2.32. The van der Waals surface area contributed by atoms with Gasteiger partial charge in [-0.25, -0.2) is 4.79 Å². The highest BCUT2D eigenvalue weighted by Crippen LogP contribution is 2.39. The number of anilines is 1. The Morgan fingerprint density at radius 1 is 1.44 bits per heavy atom. The largest absolute Gasteiger partial charge is 0.449 e. The number of pyridine rings is 1. The summed E-state index contributed by atoms with van der Waals surface area (Å²) in [7, 11) is 0. The highest BCUT2D eigenvalue weighted by atomic mass is 32.1. The van der Waals surface area contributed by atoms with Gasteiger partial charge >= 0.3 is 6.09 Å². The molecule has 32 heavy (non-hydrogen) atoms. The monoisotopic (exact) mass is 452 g/mol. The molecule has 2 unspecified atom stereocenters. The van der Waals surface area contributed by atoms with Gasteiger partial charge in [0.05, 0.1) is 18.3 Å². The average Bonchev–Trinajstić information content (AvgIpc) is 3.39. The van der Waals surface area contributed by atoms with Crippen molar-refractivity contribution < 1.29 is 19.4 Å². The number of rotatable bonds is 5. The summed E-state index contributed by atoms with van der Waals surface area (Å²) in [6.45, 7) is 1.14. The number of likely N-dealkylation sites (tertiary alicyclic amines) is 1. The number of nitrogens with zero attached hydrogens (tertiary/aromatic N) is 3. The van der Waals surface area contributed by atoms with Crippen molar-refractivity contribution >= 4 is 34.4 Å². The van der Waals surface area contributed by atoms with E-state index in [-0.39, 0.29) is 17.9 Å². The number of ether oxygens (including phenoxy) is 1. The molecule has 2 N–H and O–H groups in total. The topological polar surface area (TPSA) is 116 Å². The van der Waals surface area contributed by atoms with Crippen LogP contribution < -0.4 is 5.32 Å². The predicted octanol–water partition coefficient (Wildman–Crippen LogP) is 2.97. The Hall–Kier alpha value is -3.22. The van der Waals surface area contributed by atoms with E-state index in [1.165, 1.54) is 22.3 Å². The third kappa shape index (κ3) is 5.15. The maximum Gasteiger partial charge on any atom is 0.409 e. The molecular weight excluding hydrogens is 428 g/mol. The van der Waals surface area contributed by atoms with E-state index < -0.39 is 6.10 Å². The Morgan fingerprint density at radius 3 is 3.03 bits per heavy atom. The van der Waals surface area contributed by atoms with Crippen molar-refractivity contribution in [3.63, 3.8) is 0 Å². The van der Waals surface area contributed by atoms with Crippen molar-refractivity contribution in [2.75, 3.05) is 25.0 Å². The Balaban J connectivity index is 1.36. The van der Waals surface area contributed by atoms with E-state index in [0.717, 1.165) is 22.4 Å². The smallest absolute Gasteiger partial charge is 0.409 e. The van der Waals surface area contributed by atoms with Crippen LogP contribution in [0.25, 0.3) is 6.08 Å². The average molecular weight is 453 g/mol. The summed E-state index contributed by atoms with van der Waals surface area (Å²) < 4.78 is 5.46. The number of hydrogen-bond acceptors (Lipinski definition) is 7. The number of nitrogens with one attached hydrogen (secondary N) is 1. The molecule has 2 aliphatic rings. The fourth-order valence-corrected chi connectivity index (χ4v) is 5.31. The van der Waals surface area contributed by atoms with E-state index in [0.29, 0.717) is 49.5 Å². The van der Waals surface area contributed by atoms with Crippen molar-refractivity contribution in [3.8, 4) is 6.07 Å². The van der Waals surface area contributed by atoms with Gasteiger partial charge in [-0.3, -0.25) is 9.78 Å². The van der Waals surface area contributed by atoms with Crippen LogP contribution >= 0.6 is 11.3 Å². The minimum Gasteiger partial charge on any atom is -0.449 e. The molecule has 4 rings (SSSR count). The maximum atomic E-state index is 12.4. The summed E-state index contributed by atoms with van der Waals surface area (Å²) in [6.07, 6.45) is 8.37. The number of thiophene rings is 1. The second-order valence-corrected chi connectivity index (χ2v) is 9.11. The van der Waals surface area contributed by atoms with Crippen LogP contribution in [0.4, 0.5) is 9.80 Å². The molecule has 2 atom stereocenters. The van der Waals surface area contributed by atoms with Gasteiger partial charge in [-0.05, 0) is 54.9 Å². The highest BCUT2D eigenvalue weighted by Gasteiger charge is 2.29. The molecule has 2 aromatic rings. The van der Waals surface area contributed by atoms with Gasteiger partial charge in [0.1, 0.15) is 11.1 Å². The number of hydrogen-bond donors (Lipinski definition) is 2. The molecule has 0 aromatic carbocycles. The second-order valence-electron chi connectivity index (χ2n) is 8.00. The van der Waals surface area contributed by atoms with E-state index in [2.05, 4.69) is 16.4 Å². The zero-order valence-electron chi connectivity index (χ0n) is 17.5. The Morgan fingerprint density at radius 2 is 2.31 bits per heavy atom. The van der Waals surface area contributed by atoms with Crippen molar-refractivity contribution in [2.45, 2.75) is 31.8 Å². The fraction of sp³-hybridized carbons (Fsp3) is 0.391. The van der Waals surface area contributed by atoms with Crippen LogP contribution in [0.1, 0.15) is 34.4 Å². The van der Waals surface area contributed by atoms with Gasteiger partial charge in [0.2, 0.25) is 5.91 Å². The first-order chi connectivity index (χ1) is 15.5. The molecular formula is C23H24N4O4S. The van der Waals surface area contributed by atoms with Crippen LogP contribution in [0.2, 0.25) is 0 Å². The first-order valence-corrected chi connectivity index (χ1v) is 11.4. The third-order valence-corrected chi connectivity index (χ3v) is 6.86. The molecule has 8 nitrogen and oxygen atoms in total. The van der Waals surface area contributed by atoms with Gasteiger partial charge in [0.25, 0.3) is 0 Å². The molecule has 166 valence electrons. The van der Waals surface area contributed by atoms with E-state index in [9.17, 15) is 20.0 Å². The minimum absolute atomic E-state index is 0.165. The lowest BCUT2D eigenvalue weighted by Gasteiger charge is -2.23. The number of aliphatic hydroxyl groups excluding tert-OH is 1. The molecule has 1 saturated heterocycles. The number of nitriles is 1. The standard InChI is InChI=1S/C23H24N4O4S/c24-11-19-18-5-3-16(14-31-23(30)27-9-7-17(28)13-27)10-20(18)32-22(19)26-21(29)6-4-15-2-1-8-25-12-15/h1-2,4,6,8,12,16-17,28H,3,5,7,9-10,13-14H2,(H,26,29). The van der Waals surface area contributed by atoms with E-state index in [4.69, 9.17) is 4.74 Å². The zero-order chi connectivity index (χ0) is 22.5. The Labute approximate surface area is 190 Å². The molecule has 0 bridgehead atoms. The maximum absolute atomic E-state index is 12.4. The Kier molecular flexibility index (Phi) is 6.83. The molecule has 1 aliphatic carbocycles. The highest BCUT2D eigenvalue weighted by molar-refractivity contribution is 7.16. The van der Waals surface area contributed by atoms with Gasteiger partial charge in [-0.1, -0.05) is 6.07 Å². The van der Waals surface area contributed by atoms with E-state index >= 15 is 0 Å². The summed E-state index contributed by atoms with van der Waals surface area (Å²) >= 11 is 1.42. The quantitative estimate of drug-likeness (QED) is 0.674. The third-order valence-electron chi connectivity index (χ3n) is 5.69. The lowest BCUT2D eigenvalue weighted by atomic mass is 9.88. The fourth-order valence-electron chi connectivity index (χ4n) is 3.99. The van der Waals surface area contributed by atoms with Crippen LogP contribution in [-0.4, -0.2) is 52.8 Å². The molecule has 1 aliphatic heterocycles. The van der Waals surface area contributed by atoms with Crippen molar-refractivity contribution in [2.24, 2.45) is 5.92 Å². The molecule has 3 heterocycles. The van der Waals surface area contributed by atoms with Crippen LogP contribution in [0.5, 0.6) is 0 Å². The number of amides is 2. The van der Waals surface area contributed by atoms with Gasteiger partial charge in [-0.15, -0.1) is 11.3 Å². The summed E-state index contributed by atoms with van der Waals surface area (Å²) in [5.74, 6) is -0.138. The number of β-amino-alcohol motifs (C(OH)–C–C–N with tert-alkyl or cyclic N) is 1. The zero-order valence-corrected chi connectivity index (χ0v) is 18.3. The molecule has 0 saturated carbocycles. The first-order valence-electron chi connectivity index (χ1n) is 10.6. The van der Waals surface area contributed by atoms with Crippen molar-refractivity contribution in [1.29, 1.82) is 5.26 Å².